The number of carbonyl (C=O) groups excluding carboxylic acids is 1. The van der Waals surface area contributed by atoms with Crippen LogP contribution in [0.3, 0.4) is 0 Å². The number of benzene rings is 2. The number of rotatable bonds is 5. The monoisotopic (exact) mass is 338 g/mol. The molecule has 0 atom stereocenters. The molecular weight excluding hydrogens is 320 g/mol. The normalized spacial score (nSPS) is 10.4. The summed E-state index contributed by atoms with van der Waals surface area (Å²) in [6, 6.07) is 12.8. The molecule has 0 saturated carbocycles. The van der Waals surface area contributed by atoms with Gasteiger partial charge in [-0.15, -0.1) is 5.10 Å². The lowest BCUT2D eigenvalue weighted by atomic mass is 10.2. The van der Waals surface area contributed by atoms with Crippen LogP contribution in [0, 0.1) is 6.92 Å². The van der Waals surface area contributed by atoms with E-state index in [0.29, 0.717) is 11.4 Å². The van der Waals surface area contributed by atoms with E-state index in [2.05, 4.69) is 15.6 Å². The van der Waals surface area contributed by atoms with E-state index in [1.165, 1.54) is 4.68 Å². The number of hydrogen-bond acceptors (Lipinski definition) is 5. The van der Waals surface area contributed by atoms with Gasteiger partial charge in [-0.1, -0.05) is 11.3 Å². The van der Waals surface area contributed by atoms with Crippen molar-refractivity contribution in [3.05, 3.63) is 59.9 Å². The fourth-order valence-electron chi connectivity index (χ4n) is 2.33. The van der Waals surface area contributed by atoms with Gasteiger partial charge in [-0.3, -0.25) is 4.79 Å². The van der Waals surface area contributed by atoms with Crippen LogP contribution in [-0.4, -0.2) is 35.1 Å². The Balaban J connectivity index is 1.80. The van der Waals surface area contributed by atoms with Gasteiger partial charge in [0, 0.05) is 0 Å². The Morgan fingerprint density at radius 1 is 1.08 bits per heavy atom. The van der Waals surface area contributed by atoms with Crippen LogP contribution in [0.2, 0.25) is 0 Å². The number of anilines is 1. The van der Waals surface area contributed by atoms with Crippen molar-refractivity contribution in [3.63, 3.8) is 0 Å². The summed E-state index contributed by atoms with van der Waals surface area (Å²) < 4.78 is 11.9. The highest BCUT2D eigenvalue weighted by atomic mass is 16.5. The topological polar surface area (TPSA) is 78.3 Å². The molecule has 0 spiro atoms. The van der Waals surface area contributed by atoms with E-state index < -0.39 is 0 Å². The molecule has 0 aliphatic rings. The quantitative estimate of drug-likeness (QED) is 0.774. The van der Waals surface area contributed by atoms with E-state index in [9.17, 15) is 4.79 Å². The number of methoxy groups -OCH3 is 2. The lowest BCUT2D eigenvalue weighted by Crippen LogP contribution is -2.13. The third-order valence-electron chi connectivity index (χ3n) is 3.67. The molecule has 1 N–H and O–H groups in total. The minimum absolute atomic E-state index is 0.208. The molecule has 3 aromatic rings. The zero-order valence-electron chi connectivity index (χ0n) is 14.2. The third kappa shape index (κ3) is 3.60. The van der Waals surface area contributed by atoms with Crippen molar-refractivity contribution in [2.24, 2.45) is 0 Å². The van der Waals surface area contributed by atoms with Gasteiger partial charge < -0.3 is 14.8 Å². The fourth-order valence-corrected chi connectivity index (χ4v) is 2.33. The van der Waals surface area contributed by atoms with E-state index >= 15 is 0 Å². The third-order valence-corrected chi connectivity index (χ3v) is 3.67. The van der Waals surface area contributed by atoms with Crippen molar-refractivity contribution in [1.82, 2.24) is 15.0 Å². The molecule has 0 radical (unpaired) electrons. The predicted molar refractivity (Wildman–Crippen MR) is 93.6 cm³/mol. The van der Waals surface area contributed by atoms with E-state index in [1.807, 2.05) is 43.3 Å². The molecule has 3 rings (SSSR count). The molecule has 7 heteroatoms. The molecule has 0 saturated heterocycles. The van der Waals surface area contributed by atoms with Crippen LogP contribution in [0.25, 0.3) is 5.69 Å². The maximum Gasteiger partial charge on any atom is 0.277 e. The Bertz CT molecular complexity index is 888. The molecule has 0 fully saturated rings. The first kappa shape index (κ1) is 16.5. The maximum atomic E-state index is 12.4. The molecular formula is C18H18N4O3. The first-order valence-corrected chi connectivity index (χ1v) is 7.63. The van der Waals surface area contributed by atoms with Crippen LogP contribution in [0.5, 0.6) is 11.5 Å². The number of carbonyl (C=O) groups is 1. The highest BCUT2D eigenvalue weighted by Gasteiger charge is 2.14. The summed E-state index contributed by atoms with van der Waals surface area (Å²) in [4.78, 5) is 12.4. The van der Waals surface area contributed by atoms with Gasteiger partial charge in [0.15, 0.2) is 5.69 Å². The number of aryl methyl sites for hydroxylation is 1. The molecule has 25 heavy (non-hydrogen) atoms. The first-order valence-electron chi connectivity index (χ1n) is 7.63. The smallest absolute Gasteiger partial charge is 0.277 e. The molecule has 2 aromatic carbocycles. The lowest BCUT2D eigenvalue weighted by molar-refractivity contribution is 0.102. The molecule has 0 unspecified atom stereocenters. The van der Waals surface area contributed by atoms with Crippen LogP contribution in [0.1, 0.15) is 16.1 Å². The van der Waals surface area contributed by atoms with Crippen molar-refractivity contribution in [2.45, 2.75) is 6.92 Å². The summed E-state index contributed by atoms with van der Waals surface area (Å²) >= 11 is 0. The van der Waals surface area contributed by atoms with Gasteiger partial charge in [0.25, 0.3) is 5.91 Å². The van der Waals surface area contributed by atoms with E-state index in [0.717, 1.165) is 17.0 Å². The standard InChI is InChI=1S/C18H18N4O3/c1-12-4-9-17(25-3)15(10-12)19-18(23)16-11-22(21-20-16)13-5-7-14(24-2)8-6-13/h4-11H,1-3H3,(H,19,23). The number of ether oxygens (including phenoxy) is 2. The maximum absolute atomic E-state index is 12.4. The summed E-state index contributed by atoms with van der Waals surface area (Å²) in [6.07, 6.45) is 1.57. The second kappa shape index (κ2) is 7.04. The van der Waals surface area contributed by atoms with Crippen LogP contribution in [-0.2, 0) is 0 Å². The SMILES string of the molecule is COc1ccc(-n2cc(C(=O)Nc3cc(C)ccc3OC)nn2)cc1. The zero-order chi connectivity index (χ0) is 17.8. The molecule has 128 valence electrons. The fraction of sp³-hybridized carbons (Fsp3) is 0.167. The Hall–Kier alpha value is -3.35. The van der Waals surface area contributed by atoms with Crippen molar-refractivity contribution < 1.29 is 14.3 Å². The van der Waals surface area contributed by atoms with Crippen LogP contribution in [0.15, 0.2) is 48.7 Å². The number of nitrogens with zero attached hydrogens (tertiary/aromatic N) is 3. The molecule has 1 aromatic heterocycles. The zero-order valence-corrected chi connectivity index (χ0v) is 14.2. The van der Waals surface area contributed by atoms with Gasteiger partial charge in [-0.05, 0) is 48.9 Å². The van der Waals surface area contributed by atoms with Gasteiger partial charge in [-0.25, -0.2) is 4.68 Å². The van der Waals surface area contributed by atoms with Crippen LogP contribution in [0.4, 0.5) is 5.69 Å². The molecule has 1 heterocycles. The molecule has 0 aliphatic heterocycles. The number of aromatic nitrogens is 3. The number of hydrogen-bond donors (Lipinski definition) is 1. The second-order valence-electron chi connectivity index (χ2n) is 5.40. The van der Waals surface area contributed by atoms with Crippen molar-refractivity contribution >= 4 is 11.6 Å². The number of amides is 1. The van der Waals surface area contributed by atoms with E-state index in [1.54, 1.807) is 26.5 Å². The summed E-state index contributed by atoms with van der Waals surface area (Å²) in [7, 11) is 3.16. The summed E-state index contributed by atoms with van der Waals surface area (Å²) in [6.45, 7) is 1.94. The predicted octanol–water partition coefficient (Wildman–Crippen LogP) is 2.85. The summed E-state index contributed by atoms with van der Waals surface area (Å²) in [5.41, 5.74) is 2.59. The van der Waals surface area contributed by atoms with Crippen molar-refractivity contribution in [1.29, 1.82) is 0 Å². The Morgan fingerprint density at radius 3 is 2.52 bits per heavy atom. The molecule has 0 bridgehead atoms. The van der Waals surface area contributed by atoms with E-state index in [4.69, 9.17) is 9.47 Å². The van der Waals surface area contributed by atoms with Crippen LogP contribution < -0.4 is 14.8 Å². The summed E-state index contributed by atoms with van der Waals surface area (Å²) in [5, 5.41) is 10.7. The average molecular weight is 338 g/mol. The van der Waals surface area contributed by atoms with Crippen molar-refractivity contribution in [2.75, 3.05) is 19.5 Å². The Morgan fingerprint density at radius 2 is 1.84 bits per heavy atom. The molecule has 1 amide bonds. The Labute approximate surface area is 145 Å². The van der Waals surface area contributed by atoms with Gasteiger partial charge >= 0.3 is 0 Å². The van der Waals surface area contributed by atoms with Crippen molar-refractivity contribution in [3.8, 4) is 17.2 Å². The molecule has 0 aliphatic carbocycles. The lowest BCUT2D eigenvalue weighted by Gasteiger charge is -2.09. The molecule has 7 nitrogen and oxygen atoms in total. The second-order valence-corrected chi connectivity index (χ2v) is 5.40. The largest absolute Gasteiger partial charge is 0.497 e. The highest BCUT2D eigenvalue weighted by Crippen LogP contribution is 2.25. The van der Waals surface area contributed by atoms with Gasteiger partial charge in [-0.2, -0.15) is 0 Å². The number of nitrogens with one attached hydrogen (secondary N) is 1. The first-order chi connectivity index (χ1) is 12.1. The average Bonchev–Trinajstić information content (AvgIpc) is 3.12. The van der Waals surface area contributed by atoms with Crippen LogP contribution >= 0.6 is 0 Å². The van der Waals surface area contributed by atoms with Gasteiger partial charge in [0.1, 0.15) is 11.5 Å². The summed E-state index contributed by atoms with van der Waals surface area (Å²) in [5.74, 6) is 0.971. The highest BCUT2D eigenvalue weighted by molar-refractivity contribution is 6.03. The van der Waals surface area contributed by atoms with Gasteiger partial charge in [0.05, 0.1) is 31.8 Å². The van der Waals surface area contributed by atoms with Gasteiger partial charge in [0.2, 0.25) is 0 Å². The Kier molecular flexibility index (Phi) is 4.65. The van der Waals surface area contributed by atoms with E-state index in [-0.39, 0.29) is 11.6 Å². The minimum atomic E-state index is -0.358. The minimum Gasteiger partial charge on any atom is -0.497 e.